The number of benzene rings is 1. The Morgan fingerprint density at radius 2 is 1.80 bits per heavy atom. The van der Waals surface area contributed by atoms with Gasteiger partial charge in [0.05, 0.1) is 5.54 Å². The number of amides is 3. The first-order chi connectivity index (χ1) is 11.5. The summed E-state index contributed by atoms with van der Waals surface area (Å²) in [5.41, 5.74) is 0.927. The molecule has 0 unspecified atom stereocenters. The highest BCUT2D eigenvalue weighted by Gasteiger charge is 2.44. The van der Waals surface area contributed by atoms with Crippen LogP contribution in [0, 0.1) is 0 Å². The molecule has 6 nitrogen and oxygen atoms in total. The second-order valence-corrected chi connectivity index (χ2v) is 8.22. The minimum absolute atomic E-state index is 0.264. The molecule has 0 bridgehead atoms. The molecule has 2 N–H and O–H groups in total. The maximum Gasteiger partial charge on any atom is 0.410 e. The summed E-state index contributed by atoms with van der Waals surface area (Å²) in [6, 6.07) is 7.50. The zero-order chi connectivity index (χ0) is 18.8. The molecule has 3 amide bonds. The van der Waals surface area contributed by atoms with Crippen molar-refractivity contribution in [3.05, 3.63) is 29.8 Å². The van der Waals surface area contributed by atoms with Crippen LogP contribution in [0.5, 0.6) is 0 Å². The van der Waals surface area contributed by atoms with Gasteiger partial charge in [0.15, 0.2) is 0 Å². The van der Waals surface area contributed by atoms with Crippen molar-refractivity contribution in [1.82, 2.24) is 10.2 Å². The van der Waals surface area contributed by atoms with Crippen molar-refractivity contribution in [3.63, 3.8) is 0 Å². The number of likely N-dealkylation sites (tertiary alicyclic amines) is 1. The Bertz CT molecular complexity index is 644. The third-order valence-electron chi connectivity index (χ3n) is 3.98. The van der Waals surface area contributed by atoms with Gasteiger partial charge in [0.1, 0.15) is 5.60 Å². The number of hydrogen-bond acceptors (Lipinski definition) is 3. The quantitative estimate of drug-likeness (QED) is 0.870. The molecule has 1 fully saturated rings. The van der Waals surface area contributed by atoms with Crippen LogP contribution in [0.1, 0.15) is 53.0 Å². The lowest BCUT2D eigenvalue weighted by atomic mass is 9.93. The van der Waals surface area contributed by atoms with E-state index < -0.39 is 11.1 Å². The van der Waals surface area contributed by atoms with E-state index in [0.29, 0.717) is 19.0 Å². The van der Waals surface area contributed by atoms with Crippen LogP contribution in [0.25, 0.3) is 0 Å². The first-order valence-electron chi connectivity index (χ1n) is 8.65. The van der Waals surface area contributed by atoms with Gasteiger partial charge in [-0.05, 0) is 45.2 Å². The SMILES string of the molecule is CC(C)c1ccccc1NC(=O)NC1(C)CN(C(=O)OC(C)(C)C)C1. The number of nitrogens with zero attached hydrogens (tertiary/aromatic N) is 1. The number of ether oxygens (including phenoxy) is 1. The van der Waals surface area contributed by atoms with Crippen molar-refractivity contribution in [2.24, 2.45) is 0 Å². The summed E-state index contributed by atoms with van der Waals surface area (Å²) < 4.78 is 5.34. The Hall–Kier alpha value is -2.24. The van der Waals surface area contributed by atoms with E-state index in [4.69, 9.17) is 4.74 Å². The number of para-hydroxylation sites is 1. The summed E-state index contributed by atoms with van der Waals surface area (Å²) in [5.74, 6) is 0.318. The third-order valence-corrected chi connectivity index (χ3v) is 3.98. The first kappa shape index (κ1) is 19.1. The topological polar surface area (TPSA) is 70.7 Å². The molecule has 25 heavy (non-hydrogen) atoms. The Labute approximate surface area is 149 Å². The standard InChI is InChI=1S/C19H29N3O3/c1-13(2)14-9-7-8-10-15(14)20-16(23)21-19(6)11-22(12-19)17(24)25-18(3,4)5/h7-10,13H,11-12H2,1-6H3,(H2,20,21,23). The summed E-state index contributed by atoms with van der Waals surface area (Å²) in [7, 11) is 0. The second-order valence-electron chi connectivity index (χ2n) is 8.22. The molecular weight excluding hydrogens is 318 g/mol. The van der Waals surface area contributed by atoms with E-state index in [-0.39, 0.29) is 12.1 Å². The molecule has 0 saturated carbocycles. The summed E-state index contributed by atoms with van der Waals surface area (Å²) in [5, 5.41) is 5.87. The monoisotopic (exact) mass is 347 g/mol. The van der Waals surface area contributed by atoms with Gasteiger partial charge in [-0.2, -0.15) is 0 Å². The molecule has 0 spiro atoms. The van der Waals surface area contributed by atoms with Crippen molar-refractivity contribution >= 4 is 17.8 Å². The normalized spacial score (nSPS) is 16.2. The van der Waals surface area contributed by atoms with Crippen molar-refractivity contribution in [2.75, 3.05) is 18.4 Å². The fraction of sp³-hybridized carbons (Fsp3) is 0.579. The van der Waals surface area contributed by atoms with Gasteiger partial charge >= 0.3 is 12.1 Å². The largest absolute Gasteiger partial charge is 0.444 e. The van der Waals surface area contributed by atoms with Gasteiger partial charge in [0, 0.05) is 18.8 Å². The van der Waals surface area contributed by atoms with E-state index in [2.05, 4.69) is 24.5 Å². The van der Waals surface area contributed by atoms with Gasteiger partial charge < -0.3 is 20.3 Å². The van der Waals surface area contributed by atoms with Crippen molar-refractivity contribution < 1.29 is 14.3 Å². The predicted octanol–water partition coefficient (Wildman–Crippen LogP) is 3.94. The molecule has 0 aromatic heterocycles. The van der Waals surface area contributed by atoms with Crippen molar-refractivity contribution in [3.8, 4) is 0 Å². The smallest absolute Gasteiger partial charge is 0.410 e. The van der Waals surface area contributed by atoms with Crippen molar-refractivity contribution in [1.29, 1.82) is 0 Å². The molecular formula is C19H29N3O3. The van der Waals surface area contributed by atoms with Gasteiger partial charge in [-0.3, -0.25) is 0 Å². The maximum atomic E-state index is 12.3. The zero-order valence-corrected chi connectivity index (χ0v) is 16.0. The molecule has 0 aliphatic carbocycles. The summed E-state index contributed by atoms with van der Waals surface area (Å²) in [6.07, 6.45) is -0.350. The van der Waals surface area contributed by atoms with Gasteiger partial charge in [0.25, 0.3) is 0 Å². The molecule has 1 heterocycles. The average Bonchev–Trinajstić information content (AvgIpc) is 2.42. The number of anilines is 1. The third kappa shape index (κ3) is 5.11. The van der Waals surface area contributed by atoms with Crippen LogP contribution in [0.2, 0.25) is 0 Å². The average molecular weight is 347 g/mol. The van der Waals surface area contributed by atoms with E-state index >= 15 is 0 Å². The number of rotatable bonds is 3. The molecule has 1 aromatic carbocycles. The number of urea groups is 1. The highest BCUT2D eigenvalue weighted by Crippen LogP contribution is 2.25. The van der Waals surface area contributed by atoms with Crippen LogP contribution in [-0.4, -0.2) is 41.3 Å². The lowest BCUT2D eigenvalue weighted by Gasteiger charge is -2.47. The Morgan fingerprint density at radius 3 is 2.36 bits per heavy atom. The maximum absolute atomic E-state index is 12.3. The molecule has 1 aromatic rings. The van der Waals surface area contributed by atoms with E-state index in [9.17, 15) is 9.59 Å². The molecule has 138 valence electrons. The van der Waals surface area contributed by atoms with Gasteiger partial charge in [-0.1, -0.05) is 32.0 Å². The second kappa shape index (κ2) is 6.94. The van der Waals surface area contributed by atoms with Crippen LogP contribution in [0.15, 0.2) is 24.3 Å². The summed E-state index contributed by atoms with van der Waals surface area (Å²) in [4.78, 5) is 25.9. The fourth-order valence-corrected chi connectivity index (χ4v) is 2.87. The first-order valence-corrected chi connectivity index (χ1v) is 8.65. The molecule has 0 atom stereocenters. The minimum Gasteiger partial charge on any atom is -0.444 e. The minimum atomic E-state index is -0.519. The van der Waals surface area contributed by atoms with Gasteiger partial charge in [-0.15, -0.1) is 0 Å². The zero-order valence-electron chi connectivity index (χ0n) is 16.0. The Balaban J connectivity index is 1.89. The van der Waals surface area contributed by atoms with Crippen LogP contribution >= 0.6 is 0 Å². The lowest BCUT2D eigenvalue weighted by Crippen LogP contribution is -2.70. The van der Waals surface area contributed by atoms with E-state index in [1.54, 1.807) is 4.90 Å². The number of hydrogen-bond donors (Lipinski definition) is 2. The van der Waals surface area contributed by atoms with Crippen LogP contribution in [-0.2, 0) is 4.74 Å². The Kier molecular flexibility index (Phi) is 5.30. The molecule has 1 aliphatic rings. The number of carbonyl (C=O) groups is 2. The van der Waals surface area contributed by atoms with E-state index in [0.717, 1.165) is 11.3 Å². The van der Waals surface area contributed by atoms with Gasteiger partial charge in [-0.25, -0.2) is 9.59 Å². The lowest BCUT2D eigenvalue weighted by molar-refractivity contribution is -0.00958. The number of nitrogens with one attached hydrogen (secondary N) is 2. The predicted molar refractivity (Wildman–Crippen MR) is 98.9 cm³/mol. The molecule has 1 saturated heterocycles. The van der Waals surface area contributed by atoms with E-state index in [1.807, 2.05) is 52.0 Å². The molecule has 0 radical (unpaired) electrons. The summed E-state index contributed by atoms with van der Waals surface area (Å²) in [6.45, 7) is 12.5. The van der Waals surface area contributed by atoms with Crippen molar-refractivity contribution in [2.45, 2.75) is 58.6 Å². The summed E-state index contributed by atoms with van der Waals surface area (Å²) >= 11 is 0. The number of carbonyl (C=O) groups excluding carboxylic acids is 2. The van der Waals surface area contributed by atoms with E-state index in [1.165, 1.54) is 0 Å². The highest BCUT2D eigenvalue weighted by atomic mass is 16.6. The Morgan fingerprint density at radius 1 is 1.20 bits per heavy atom. The fourth-order valence-electron chi connectivity index (χ4n) is 2.87. The highest BCUT2D eigenvalue weighted by molar-refractivity contribution is 5.91. The molecule has 2 rings (SSSR count). The van der Waals surface area contributed by atoms with Crippen LogP contribution in [0.3, 0.4) is 0 Å². The molecule has 6 heteroatoms. The molecule has 1 aliphatic heterocycles. The van der Waals surface area contributed by atoms with Gasteiger partial charge in [0.2, 0.25) is 0 Å². The van der Waals surface area contributed by atoms with Crippen LogP contribution < -0.4 is 10.6 Å². The van der Waals surface area contributed by atoms with Crippen LogP contribution in [0.4, 0.5) is 15.3 Å².